The van der Waals surface area contributed by atoms with Crippen LogP contribution in [0.5, 0.6) is 0 Å². The fourth-order valence-electron chi connectivity index (χ4n) is 2.56. The summed E-state index contributed by atoms with van der Waals surface area (Å²) in [6.45, 7) is 4.02. The number of hydrogen-bond donors (Lipinski definition) is 2. The summed E-state index contributed by atoms with van der Waals surface area (Å²) in [5, 5.41) is 13.6. The predicted octanol–water partition coefficient (Wildman–Crippen LogP) is 0.717. The van der Waals surface area contributed by atoms with E-state index in [1.54, 1.807) is 18.2 Å². The lowest BCUT2D eigenvalue weighted by Gasteiger charge is -2.11. The normalized spacial score (nSPS) is 10.2. The van der Waals surface area contributed by atoms with Gasteiger partial charge in [0.2, 0.25) is 5.52 Å². The number of aromatic carboxylic acids is 1. The van der Waals surface area contributed by atoms with Crippen molar-refractivity contribution in [3.05, 3.63) is 65.4 Å². The first kappa shape index (κ1) is 16.8. The lowest BCUT2D eigenvalue weighted by atomic mass is 10.1. The molecule has 0 bridgehead atoms. The van der Waals surface area contributed by atoms with E-state index in [0.29, 0.717) is 5.69 Å². The van der Waals surface area contributed by atoms with Crippen molar-refractivity contribution in [2.24, 2.45) is 0 Å². The molecule has 3 rings (SSSR count). The van der Waals surface area contributed by atoms with Crippen LogP contribution in [0.25, 0.3) is 10.9 Å². The van der Waals surface area contributed by atoms with Crippen molar-refractivity contribution in [1.29, 1.82) is 0 Å². The molecule has 3 N–H and O–H groups in total. The second kappa shape index (κ2) is 6.67. The van der Waals surface area contributed by atoms with Crippen molar-refractivity contribution in [2.45, 2.75) is 13.8 Å². The topological polar surface area (TPSA) is 63.5 Å². The number of aromatic nitrogens is 1. The maximum atomic E-state index is 11.4. The van der Waals surface area contributed by atoms with Gasteiger partial charge in [0.15, 0.2) is 5.69 Å². The molecule has 0 aliphatic carbocycles. The molecule has 0 aliphatic heterocycles. The molecule has 23 heavy (non-hydrogen) atoms. The number of hydrogen-bond acceptors (Lipinski definition) is 2. The van der Waals surface area contributed by atoms with Crippen LogP contribution in [0.2, 0.25) is 0 Å². The molecule has 3 aromatic rings. The van der Waals surface area contributed by atoms with Gasteiger partial charge in [-0.2, -0.15) is 0 Å². The van der Waals surface area contributed by atoms with E-state index in [1.807, 2.05) is 38.1 Å². The fraction of sp³-hybridized carbons (Fsp3) is 0.111. The van der Waals surface area contributed by atoms with Gasteiger partial charge in [-0.1, -0.05) is 18.2 Å². The Labute approximate surface area is 140 Å². The first-order valence-corrected chi connectivity index (χ1v) is 7.07. The van der Waals surface area contributed by atoms with Crippen LogP contribution >= 0.6 is 0 Å². The average Bonchev–Trinajstić information content (AvgIpc) is 2.48. The number of halogens is 1. The molecule has 0 atom stereocenters. The number of H-pyrrole nitrogens is 1. The maximum absolute atomic E-state index is 11.4. The van der Waals surface area contributed by atoms with Gasteiger partial charge in [0.1, 0.15) is 0 Å². The molecule has 0 radical (unpaired) electrons. The Morgan fingerprint density at radius 3 is 2.52 bits per heavy atom. The number of benzene rings is 2. The third-order valence-corrected chi connectivity index (χ3v) is 3.58. The Morgan fingerprint density at radius 2 is 1.78 bits per heavy atom. The Balaban J connectivity index is 0.00000192. The molecule has 0 saturated heterocycles. The second-order valence-electron chi connectivity index (χ2n) is 5.39. The Hall–Kier alpha value is -2.59. The highest BCUT2D eigenvalue weighted by molar-refractivity contribution is 5.98. The minimum atomic E-state index is -0.942. The lowest BCUT2D eigenvalue weighted by molar-refractivity contribution is -0.354. The highest BCUT2D eigenvalue weighted by atomic mass is 35.5. The van der Waals surface area contributed by atoms with Crippen molar-refractivity contribution in [2.75, 3.05) is 5.32 Å². The van der Waals surface area contributed by atoms with E-state index in [4.69, 9.17) is 0 Å². The van der Waals surface area contributed by atoms with Crippen molar-refractivity contribution in [1.82, 2.24) is 0 Å². The Kier molecular flexibility index (Phi) is 4.86. The minimum Gasteiger partial charge on any atom is -1.00 e. The summed E-state index contributed by atoms with van der Waals surface area (Å²) in [6, 6.07) is 15.1. The lowest BCUT2D eigenvalue weighted by Crippen LogP contribution is -3.00. The zero-order valence-electron chi connectivity index (χ0n) is 12.9. The van der Waals surface area contributed by atoms with Gasteiger partial charge in [0.25, 0.3) is 0 Å². The quantitative estimate of drug-likeness (QED) is 0.744. The fourth-order valence-corrected chi connectivity index (χ4v) is 2.56. The summed E-state index contributed by atoms with van der Waals surface area (Å²) in [4.78, 5) is 14.7. The Bertz CT molecular complexity index is 878. The summed E-state index contributed by atoms with van der Waals surface area (Å²) in [5.74, 6) is -0.942. The number of carboxylic acid groups (broad SMARTS) is 1. The van der Waals surface area contributed by atoms with E-state index in [1.165, 1.54) is 0 Å². The van der Waals surface area contributed by atoms with E-state index in [-0.39, 0.29) is 18.0 Å². The molecular weight excluding hydrogens is 312 g/mol. The van der Waals surface area contributed by atoms with Crippen molar-refractivity contribution >= 4 is 28.2 Å². The number of fused-ring (bicyclic) bond motifs is 1. The van der Waals surface area contributed by atoms with Crippen LogP contribution in [-0.4, -0.2) is 11.1 Å². The zero-order valence-corrected chi connectivity index (χ0v) is 13.6. The summed E-state index contributed by atoms with van der Waals surface area (Å²) < 4.78 is 0. The number of rotatable bonds is 3. The van der Waals surface area contributed by atoms with Crippen molar-refractivity contribution in [3.63, 3.8) is 0 Å². The van der Waals surface area contributed by atoms with Gasteiger partial charge in [-0.15, -0.1) is 0 Å². The van der Waals surface area contributed by atoms with Crippen LogP contribution in [0.1, 0.15) is 21.6 Å². The van der Waals surface area contributed by atoms with Crippen molar-refractivity contribution in [3.8, 4) is 0 Å². The van der Waals surface area contributed by atoms with Gasteiger partial charge < -0.3 is 22.8 Å². The molecule has 0 amide bonds. The second-order valence-corrected chi connectivity index (χ2v) is 5.39. The average molecular weight is 329 g/mol. The van der Waals surface area contributed by atoms with E-state index in [0.717, 1.165) is 27.8 Å². The van der Waals surface area contributed by atoms with Gasteiger partial charge in [0, 0.05) is 19.1 Å². The smallest absolute Gasteiger partial charge is 0.337 e. The van der Waals surface area contributed by atoms with Crippen LogP contribution in [0.15, 0.2) is 48.5 Å². The summed E-state index contributed by atoms with van der Waals surface area (Å²) in [5.41, 5.74) is 4.91. The van der Waals surface area contributed by atoms with Crippen LogP contribution < -0.4 is 22.7 Å². The van der Waals surface area contributed by atoms with Gasteiger partial charge in [-0.25, -0.2) is 9.78 Å². The minimum absolute atomic E-state index is 0. The molecule has 0 saturated carbocycles. The molecule has 0 aliphatic rings. The van der Waals surface area contributed by atoms with Crippen LogP contribution in [0.3, 0.4) is 0 Å². The number of carboxylic acids is 1. The van der Waals surface area contributed by atoms with Crippen LogP contribution in [-0.2, 0) is 0 Å². The number of para-hydroxylation sites is 1. The Morgan fingerprint density at radius 1 is 1.04 bits per heavy atom. The number of anilines is 2. The highest BCUT2D eigenvalue weighted by Gasteiger charge is 2.13. The molecule has 118 valence electrons. The summed E-state index contributed by atoms with van der Waals surface area (Å²) >= 11 is 0. The first-order chi connectivity index (χ1) is 10.5. The third kappa shape index (κ3) is 3.43. The number of carbonyl (C=O) groups is 1. The molecule has 5 heteroatoms. The molecule has 0 spiro atoms. The number of nitrogens with one attached hydrogen (secondary N) is 2. The molecule has 0 fully saturated rings. The van der Waals surface area contributed by atoms with E-state index in [9.17, 15) is 9.90 Å². The third-order valence-electron chi connectivity index (χ3n) is 3.58. The number of aryl methyl sites for hydroxylation is 2. The molecule has 4 nitrogen and oxygen atoms in total. The highest BCUT2D eigenvalue weighted by Crippen LogP contribution is 2.27. The standard InChI is InChI=1S/C18H16N2O2.ClH/c1-11-7-8-16-14(9-11)17(10-12(2)19-16)20-15-6-4-3-5-13(15)18(21)22;/h3-10H,1-2H3,(H,19,20)(H,21,22);1H. The zero-order chi connectivity index (χ0) is 15.7. The molecule has 2 aromatic carbocycles. The van der Waals surface area contributed by atoms with Crippen LogP contribution in [0, 0.1) is 13.8 Å². The van der Waals surface area contributed by atoms with E-state index < -0.39 is 5.97 Å². The largest absolute Gasteiger partial charge is 1.00 e. The predicted molar refractivity (Wildman–Crippen MR) is 86.7 cm³/mol. The number of aromatic amines is 1. The van der Waals surface area contributed by atoms with Gasteiger partial charge in [-0.05, 0) is 30.7 Å². The van der Waals surface area contributed by atoms with Crippen molar-refractivity contribution < 1.29 is 27.3 Å². The molecule has 1 aromatic heterocycles. The summed E-state index contributed by atoms with van der Waals surface area (Å²) in [6.07, 6.45) is 0. The number of pyridine rings is 1. The molecular formula is C18H17ClN2O2. The van der Waals surface area contributed by atoms with Gasteiger partial charge in [-0.3, -0.25) is 0 Å². The molecule has 0 unspecified atom stereocenters. The van der Waals surface area contributed by atoms with Gasteiger partial charge >= 0.3 is 5.97 Å². The maximum Gasteiger partial charge on any atom is 0.337 e. The summed E-state index contributed by atoms with van der Waals surface area (Å²) in [7, 11) is 0. The monoisotopic (exact) mass is 328 g/mol. The van der Waals surface area contributed by atoms with Crippen LogP contribution in [0.4, 0.5) is 11.4 Å². The van der Waals surface area contributed by atoms with E-state index in [2.05, 4.69) is 16.4 Å². The molecule has 1 heterocycles. The van der Waals surface area contributed by atoms with E-state index >= 15 is 0 Å². The first-order valence-electron chi connectivity index (χ1n) is 7.07. The SMILES string of the molecule is Cc1ccc2[nH+]c(C)cc(Nc3ccccc3C(=O)O)c2c1.[Cl-]. The van der Waals surface area contributed by atoms with Gasteiger partial charge in [0.05, 0.1) is 22.3 Å².